The van der Waals surface area contributed by atoms with Crippen LogP contribution in [0.5, 0.6) is 0 Å². The summed E-state index contributed by atoms with van der Waals surface area (Å²) in [5.41, 5.74) is 5.74. The van der Waals surface area contributed by atoms with Crippen molar-refractivity contribution >= 4 is 0 Å². The van der Waals surface area contributed by atoms with Gasteiger partial charge in [-0.05, 0) is 31.7 Å². The van der Waals surface area contributed by atoms with Crippen LogP contribution >= 0.6 is 0 Å². The first-order valence-electron chi connectivity index (χ1n) is 5.71. The average molecular weight is 194 g/mol. The van der Waals surface area contributed by atoms with E-state index in [1.807, 2.05) is 0 Å². The highest BCUT2D eigenvalue weighted by molar-refractivity contribution is 4.92. The van der Waals surface area contributed by atoms with E-state index in [0.717, 1.165) is 19.4 Å². The molecule has 2 nitrogen and oxygen atoms in total. The molecule has 1 aliphatic carbocycles. The van der Waals surface area contributed by atoms with Crippen molar-refractivity contribution in [2.24, 2.45) is 11.7 Å². The third-order valence-corrected chi connectivity index (χ3v) is 3.27. The van der Waals surface area contributed by atoms with Gasteiger partial charge < -0.3 is 11.1 Å². The Hall–Kier alpha value is -0.520. The summed E-state index contributed by atoms with van der Waals surface area (Å²) < 4.78 is 0. The van der Waals surface area contributed by atoms with E-state index < -0.39 is 0 Å². The number of nitrogens with two attached hydrogens (primary N) is 1. The molecule has 1 fully saturated rings. The molecular weight excluding hydrogens is 172 g/mol. The third kappa shape index (κ3) is 3.01. The summed E-state index contributed by atoms with van der Waals surface area (Å²) in [6, 6.07) is 1.09. The van der Waals surface area contributed by atoms with Crippen molar-refractivity contribution in [2.75, 3.05) is 6.54 Å². The van der Waals surface area contributed by atoms with Crippen LogP contribution in [0.2, 0.25) is 0 Å². The third-order valence-electron chi connectivity index (χ3n) is 3.27. The van der Waals surface area contributed by atoms with Crippen LogP contribution in [-0.2, 0) is 0 Å². The number of terminal acetylenes is 1. The second-order valence-corrected chi connectivity index (χ2v) is 4.21. The van der Waals surface area contributed by atoms with Crippen molar-refractivity contribution in [2.45, 2.75) is 51.1 Å². The van der Waals surface area contributed by atoms with E-state index in [9.17, 15) is 0 Å². The Labute approximate surface area is 87.6 Å². The van der Waals surface area contributed by atoms with Crippen LogP contribution < -0.4 is 11.1 Å². The molecule has 0 aromatic heterocycles. The van der Waals surface area contributed by atoms with Crippen LogP contribution in [-0.4, -0.2) is 18.6 Å². The summed E-state index contributed by atoms with van der Waals surface area (Å²) in [5.74, 6) is 3.40. The zero-order valence-corrected chi connectivity index (χ0v) is 9.13. The summed E-state index contributed by atoms with van der Waals surface area (Å²) >= 11 is 0. The molecule has 0 spiro atoms. The zero-order valence-electron chi connectivity index (χ0n) is 9.13. The highest BCUT2D eigenvalue weighted by Gasteiger charge is 2.26. The highest BCUT2D eigenvalue weighted by Crippen LogP contribution is 2.25. The fourth-order valence-electron chi connectivity index (χ4n) is 2.30. The smallest absolute Gasteiger partial charge is 0.0240 e. The molecule has 0 saturated heterocycles. The minimum absolute atomic E-state index is 0.483. The summed E-state index contributed by atoms with van der Waals surface area (Å²) in [4.78, 5) is 0. The van der Waals surface area contributed by atoms with Crippen LogP contribution in [0.25, 0.3) is 0 Å². The van der Waals surface area contributed by atoms with Gasteiger partial charge in [0.05, 0.1) is 0 Å². The molecule has 3 N–H and O–H groups in total. The first kappa shape index (κ1) is 11.6. The van der Waals surface area contributed by atoms with Gasteiger partial charge in [-0.2, -0.15) is 0 Å². The normalized spacial score (nSPS) is 28.6. The van der Waals surface area contributed by atoms with Gasteiger partial charge in [0.25, 0.3) is 0 Å². The van der Waals surface area contributed by atoms with Gasteiger partial charge in [-0.15, -0.1) is 12.3 Å². The maximum absolute atomic E-state index is 5.74. The van der Waals surface area contributed by atoms with Gasteiger partial charge in [-0.1, -0.05) is 13.3 Å². The van der Waals surface area contributed by atoms with E-state index in [-0.39, 0.29) is 0 Å². The maximum atomic E-state index is 5.74. The molecule has 1 rings (SSSR count). The molecule has 0 heterocycles. The van der Waals surface area contributed by atoms with Crippen molar-refractivity contribution in [1.82, 2.24) is 5.32 Å². The average Bonchev–Trinajstić information content (AvgIpc) is 2.64. The molecule has 1 saturated carbocycles. The topological polar surface area (TPSA) is 38.0 Å². The van der Waals surface area contributed by atoms with E-state index in [4.69, 9.17) is 12.2 Å². The molecule has 0 aromatic rings. The minimum atomic E-state index is 0.483. The molecule has 0 bridgehead atoms. The highest BCUT2D eigenvalue weighted by atomic mass is 15.0. The maximum Gasteiger partial charge on any atom is 0.0240 e. The Morgan fingerprint density at radius 1 is 1.57 bits per heavy atom. The van der Waals surface area contributed by atoms with Gasteiger partial charge in [0, 0.05) is 18.5 Å². The molecule has 0 amide bonds. The number of rotatable bonds is 5. The van der Waals surface area contributed by atoms with E-state index in [2.05, 4.69) is 18.2 Å². The van der Waals surface area contributed by atoms with Crippen molar-refractivity contribution in [1.29, 1.82) is 0 Å². The van der Waals surface area contributed by atoms with Crippen LogP contribution in [0.15, 0.2) is 0 Å². The minimum Gasteiger partial charge on any atom is -0.330 e. The van der Waals surface area contributed by atoms with Crippen LogP contribution in [0, 0.1) is 18.3 Å². The Bertz CT molecular complexity index is 195. The van der Waals surface area contributed by atoms with E-state index in [0.29, 0.717) is 18.0 Å². The predicted molar refractivity (Wildman–Crippen MR) is 60.8 cm³/mol. The number of nitrogens with one attached hydrogen (secondary N) is 1. The second kappa shape index (κ2) is 6.06. The lowest BCUT2D eigenvalue weighted by atomic mass is 10.0. The van der Waals surface area contributed by atoms with Gasteiger partial charge in [0.1, 0.15) is 0 Å². The number of hydrogen-bond donors (Lipinski definition) is 2. The second-order valence-electron chi connectivity index (χ2n) is 4.21. The quantitative estimate of drug-likeness (QED) is 0.651. The SMILES string of the molecule is C#CCC(CC)NC1CCCC1CN. The zero-order chi connectivity index (χ0) is 10.4. The van der Waals surface area contributed by atoms with Gasteiger partial charge in [-0.3, -0.25) is 0 Å². The summed E-state index contributed by atoms with van der Waals surface area (Å²) in [6.07, 6.45) is 11.1. The standard InChI is InChI=1S/C12H22N2/c1-3-6-11(4-2)14-12-8-5-7-10(12)9-13/h1,10-12,14H,4-9,13H2,2H3. The molecule has 80 valence electrons. The van der Waals surface area contributed by atoms with Gasteiger partial charge in [0.2, 0.25) is 0 Å². The molecule has 0 aromatic carbocycles. The lowest BCUT2D eigenvalue weighted by Gasteiger charge is -2.24. The molecule has 0 aliphatic heterocycles. The molecular formula is C12H22N2. The van der Waals surface area contributed by atoms with Crippen LogP contribution in [0.1, 0.15) is 39.0 Å². The Morgan fingerprint density at radius 2 is 2.36 bits per heavy atom. The van der Waals surface area contributed by atoms with Gasteiger partial charge in [0.15, 0.2) is 0 Å². The summed E-state index contributed by atoms with van der Waals surface area (Å²) in [7, 11) is 0. The van der Waals surface area contributed by atoms with Crippen molar-refractivity contribution in [3.8, 4) is 12.3 Å². The van der Waals surface area contributed by atoms with Crippen LogP contribution in [0.4, 0.5) is 0 Å². The van der Waals surface area contributed by atoms with E-state index in [1.54, 1.807) is 0 Å². The van der Waals surface area contributed by atoms with E-state index >= 15 is 0 Å². The van der Waals surface area contributed by atoms with Crippen LogP contribution in [0.3, 0.4) is 0 Å². The Balaban J connectivity index is 2.37. The first-order chi connectivity index (χ1) is 6.81. The summed E-state index contributed by atoms with van der Waals surface area (Å²) in [6.45, 7) is 2.99. The Morgan fingerprint density at radius 3 is 2.93 bits per heavy atom. The predicted octanol–water partition coefficient (Wildman–Crippen LogP) is 1.51. The molecule has 3 unspecified atom stereocenters. The monoisotopic (exact) mass is 194 g/mol. The van der Waals surface area contributed by atoms with Gasteiger partial charge in [-0.25, -0.2) is 0 Å². The lowest BCUT2D eigenvalue weighted by molar-refractivity contribution is 0.355. The molecule has 1 aliphatic rings. The fourth-order valence-corrected chi connectivity index (χ4v) is 2.30. The summed E-state index contributed by atoms with van der Waals surface area (Å²) in [5, 5.41) is 3.65. The Kier molecular flexibility index (Phi) is 5.00. The van der Waals surface area contributed by atoms with Gasteiger partial charge >= 0.3 is 0 Å². The molecule has 0 radical (unpaired) electrons. The molecule has 2 heteroatoms. The van der Waals surface area contributed by atoms with Crippen molar-refractivity contribution in [3.63, 3.8) is 0 Å². The number of hydrogen-bond acceptors (Lipinski definition) is 2. The van der Waals surface area contributed by atoms with E-state index in [1.165, 1.54) is 19.3 Å². The largest absolute Gasteiger partial charge is 0.330 e. The van der Waals surface area contributed by atoms with Crippen molar-refractivity contribution < 1.29 is 0 Å². The lowest BCUT2D eigenvalue weighted by Crippen LogP contribution is -2.42. The molecule has 14 heavy (non-hydrogen) atoms. The molecule has 3 atom stereocenters. The van der Waals surface area contributed by atoms with Crippen molar-refractivity contribution in [3.05, 3.63) is 0 Å². The first-order valence-corrected chi connectivity index (χ1v) is 5.71. The fraction of sp³-hybridized carbons (Fsp3) is 0.833.